The highest BCUT2D eigenvalue weighted by atomic mass is 16.6. The van der Waals surface area contributed by atoms with Gasteiger partial charge in [-0.25, -0.2) is 9.78 Å². The third-order valence-corrected chi connectivity index (χ3v) is 4.81. The van der Waals surface area contributed by atoms with Gasteiger partial charge in [-0.05, 0) is 37.3 Å². The summed E-state index contributed by atoms with van der Waals surface area (Å²) < 4.78 is 16.0. The second kappa shape index (κ2) is 7.38. The van der Waals surface area contributed by atoms with Crippen LogP contribution in [0.2, 0.25) is 0 Å². The number of nitrogens with zero attached hydrogens (tertiary/aromatic N) is 3. The maximum absolute atomic E-state index is 12.8. The quantitative estimate of drug-likeness (QED) is 0.691. The van der Waals surface area contributed by atoms with Gasteiger partial charge in [0.1, 0.15) is 5.75 Å². The topological polar surface area (TPSA) is 85.1 Å². The van der Waals surface area contributed by atoms with Crippen LogP contribution in [-0.4, -0.2) is 66.7 Å². The van der Waals surface area contributed by atoms with Crippen molar-refractivity contribution in [2.24, 2.45) is 0 Å². The van der Waals surface area contributed by atoms with E-state index in [1.54, 1.807) is 29.9 Å². The number of amides is 2. The predicted octanol–water partition coefficient (Wildman–Crippen LogP) is 2.90. The minimum atomic E-state index is -0.343. The van der Waals surface area contributed by atoms with Crippen molar-refractivity contribution in [2.75, 3.05) is 39.9 Å². The molecule has 3 aromatic rings. The van der Waals surface area contributed by atoms with Gasteiger partial charge in [0.25, 0.3) is 5.91 Å². The summed E-state index contributed by atoms with van der Waals surface area (Å²) in [6.07, 6.45) is -0.343. The predicted molar refractivity (Wildman–Crippen MR) is 103 cm³/mol. The smallest absolute Gasteiger partial charge is 0.409 e. The molecule has 8 heteroatoms. The van der Waals surface area contributed by atoms with Crippen molar-refractivity contribution in [3.05, 3.63) is 36.1 Å². The number of carbonyl (C=O) groups is 2. The molecule has 146 valence electrons. The molecule has 0 bridgehead atoms. The zero-order valence-electron chi connectivity index (χ0n) is 15.8. The highest BCUT2D eigenvalue weighted by Gasteiger charge is 2.27. The van der Waals surface area contributed by atoms with Gasteiger partial charge in [0, 0.05) is 37.0 Å². The maximum Gasteiger partial charge on any atom is 0.409 e. The van der Waals surface area contributed by atoms with Gasteiger partial charge in [-0.3, -0.25) is 4.79 Å². The van der Waals surface area contributed by atoms with Crippen LogP contribution in [0.5, 0.6) is 5.75 Å². The van der Waals surface area contributed by atoms with Crippen molar-refractivity contribution < 1.29 is 23.5 Å². The average molecular weight is 383 g/mol. The lowest BCUT2D eigenvalue weighted by Gasteiger charge is -2.33. The first kappa shape index (κ1) is 18.1. The minimum Gasteiger partial charge on any atom is -0.497 e. The number of piperazine rings is 1. The fourth-order valence-electron chi connectivity index (χ4n) is 3.31. The molecule has 1 saturated heterocycles. The Morgan fingerprint density at radius 2 is 1.82 bits per heavy atom. The normalized spacial score (nSPS) is 14.5. The monoisotopic (exact) mass is 383 g/mol. The second-order valence-electron chi connectivity index (χ2n) is 6.53. The number of methoxy groups -OCH3 is 1. The van der Waals surface area contributed by atoms with Crippen molar-refractivity contribution in [1.29, 1.82) is 0 Å². The molecule has 2 aromatic heterocycles. The molecule has 1 aliphatic rings. The van der Waals surface area contributed by atoms with E-state index >= 15 is 0 Å². The molecule has 1 aliphatic heterocycles. The summed E-state index contributed by atoms with van der Waals surface area (Å²) in [5.74, 6) is 0.783. The standard InChI is InChI=1S/C20H21N3O5/c1-3-27-20(25)23-8-6-22(7-9-23)19(24)17-12-14-10-13-11-15(26-2)4-5-16(13)21-18(14)28-17/h4-5,10-12H,3,6-9H2,1-2H3. The van der Waals surface area contributed by atoms with Crippen LogP contribution in [0.3, 0.4) is 0 Å². The lowest BCUT2D eigenvalue weighted by molar-refractivity contribution is 0.0548. The molecule has 0 saturated carbocycles. The molecule has 4 rings (SSSR count). The first-order valence-electron chi connectivity index (χ1n) is 9.18. The molecule has 0 unspecified atom stereocenters. The summed E-state index contributed by atoms with van der Waals surface area (Å²) in [7, 11) is 1.61. The van der Waals surface area contributed by atoms with Crippen molar-refractivity contribution in [3.63, 3.8) is 0 Å². The van der Waals surface area contributed by atoms with E-state index in [1.165, 1.54) is 0 Å². The van der Waals surface area contributed by atoms with Crippen LogP contribution in [0.15, 0.2) is 34.7 Å². The first-order valence-corrected chi connectivity index (χ1v) is 9.18. The van der Waals surface area contributed by atoms with E-state index in [4.69, 9.17) is 13.9 Å². The van der Waals surface area contributed by atoms with Gasteiger partial charge < -0.3 is 23.7 Å². The summed E-state index contributed by atoms with van der Waals surface area (Å²) in [5, 5.41) is 1.67. The van der Waals surface area contributed by atoms with Crippen LogP contribution in [0.1, 0.15) is 17.5 Å². The number of carbonyl (C=O) groups excluding carboxylic acids is 2. The van der Waals surface area contributed by atoms with Crippen molar-refractivity contribution in [3.8, 4) is 5.75 Å². The van der Waals surface area contributed by atoms with E-state index < -0.39 is 0 Å². The number of hydrogen-bond donors (Lipinski definition) is 0. The fourth-order valence-corrected chi connectivity index (χ4v) is 3.31. The molecule has 0 aliphatic carbocycles. The molecule has 0 atom stereocenters. The van der Waals surface area contributed by atoms with E-state index in [0.717, 1.165) is 22.0 Å². The summed E-state index contributed by atoms with van der Waals surface area (Å²) in [6.45, 7) is 3.85. The Morgan fingerprint density at radius 1 is 1.07 bits per heavy atom. The van der Waals surface area contributed by atoms with Crippen LogP contribution in [0, 0.1) is 0 Å². The minimum absolute atomic E-state index is 0.205. The Hall–Kier alpha value is -3.29. The van der Waals surface area contributed by atoms with Crippen LogP contribution in [0.4, 0.5) is 4.79 Å². The molecule has 28 heavy (non-hydrogen) atoms. The maximum atomic E-state index is 12.8. The van der Waals surface area contributed by atoms with Gasteiger partial charge in [-0.15, -0.1) is 0 Å². The number of hydrogen-bond acceptors (Lipinski definition) is 6. The van der Waals surface area contributed by atoms with E-state index in [2.05, 4.69) is 4.98 Å². The third-order valence-electron chi connectivity index (χ3n) is 4.81. The lowest BCUT2D eigenvalue weighted by Crippen LogP contribution is -2.50. The van der Waals surface area contributed by atoms with Gasteiger partial charge in [0.15, 0.2) is 5.76 Å². The molecular weight excluding hydrogens is 362 g/mol. The van der Waals surface area contributed by atoms with Gasteiger partial charge in [-0.1, -0.05) is 0 Å². The highest BCUT2D eigenvalue weighted by molar-refractivity contribution is 5.98. The van der Waals surface area contributed by atoms with Crippen LogP contribution < -0.4 is 4.74 Å². The Kier molecular flexibility index (Phi) is 4.77. The Morgan fingerprint density at radius 3 is 2.54 bits per heavy atom. The number of fused-ring (bicyclic) bond motifs is 2. The Bertz CT molecular complexity index is 1040. The molecule has 0 radical (unpaired) electrons. The Labute approximate surface area is 161 Å². The molecule has 3 heterocycles. The van der Waals surface area contributed by atoms with Gasteiger partial charge in [0.2, 0.25) is 5.71 Å². The number of benzene rings is 1. The fraction of sp³-hybridized carbons (Fsp3) is 0.350. The number of ether oxygens (including phenoxy) is 2. The van der Waals surface area contributed by atoms with E-state index in [1.807, 2.05) is 24.3 Å². The zero-order chi connectivity index (χ0) is 19.7. The van der Waals surface area contributed by atoms with E-state index in [0.29, 0.717) is 38.5 Å². The van der Waals surface area contributed by atoms with Crippen LogP contribution >= 0.6 is 0 Å². The average Bonchev–Trinajstić information content (AvgIpc) is 3.14. The van der Waals surface area contributed by atoms with Crippen molar-refractivity contribution >= 4 is 34.0 Å². The number of aromatic nitrogens is 1. The molecule has 0 N–H and O–H groups in total. The molecule has 0 spiro atoms. The highest BCUT2D eigenvalue weighted by Crippen LogP contribution is 2.26. The Balaban J connectivity index is 1.53. The number of pyridine rings is 1. The molecular formula is C20H21N3O5. The summed E-state index contributed by atoms with van der Waals surface area (Å²) in [5.41, 5.74) is 1.19. The third kappa shape index (κ3) is 3.33. The molecule has 1 fully saturated rings. The van der Waals surface area contributed by atoms with E-state index in [9.17, 15) is 9.59 Å². The van der Waals surface area contributed by atoms with Gasteiger partial charge >= 0.3 is 6.09 Å². The summed E-state index contributed by atoms with van der Waals surface area (Å²) >= 11 is 0. The lowest BCUT2D eigenvalue weighted by atomic mass is 10.2. The largest absolute Gasteiger partial charge is 0.497 e. The van der Waals surface area contributed by atoms with Gasteiger partial charge in [-0.2, -0.15) is 0 Å². The summed E-state index contributed by atoms with van der Waals surface area (Å²) in [4.78, 5) is 32.4. The molecule has 8 nitrogen and oxygen atoms in total. The summed E-state index contributed by atoms with van der Waals surface area (Å²) in [6, 6.07) is 9.22. The number of furan rings is 1. The van der Waals surface area contributed by atoms with Crippen LogP contribution in [-0.2, 0) is 4.74 Å². The van der Waals surface area contributed by atoms with Crippen molar-refractivity contribution in [1.82, 2.24) is 14.8 Å². The van der Waals surface area contributed by atoms with Crippen molar-refractivity contribution in [2.45, 2.75) is 6.92 Å². The second-order valence-corrected chi connectivity index (χ2v) is 6.53. The van der Waals surface area contributed by atoms with Gasteiger partial charge in [0.05, 0.1) is 19.2 Å². The molecule has 1 aromatic carbocycles. The first-order chi connectivity index (χ1) is 13.6. The molecule has 2 amide bonds. The zero-order valence-corrected chi connectivity index (χ0v) is 15.8. The van der Waals surface area contributed by atoms with Crippen LogP contribution in [0.25, 0.3) is 22.0 Å². The van der Waals surface area contributed by atoms with E-state index in [-0.39, 0.29) is 17.8 Å². The number of rotatable bonds is 3. The SMILES string of the molecule is CCOC(=O)N1CCN(C(=O)c2cc3cc4cc(OC)ccc4nc3o2)CC1.